The van der Waals surface area contributed by atoms with E-state index in [1.165, 1.54) is 0 Å². The summed E-state index contributed by atoms with van der Waals surface area (Å²) in [6.07, 6.45) is -3.23. The lowest BCUT2D eigenvalue weighted by molar-refractivity contribution is -0.142. The Bertz CT molecular complexity index is 1220. The maximum atomic E-state index is 14.1. The van der Waals surface area contributed by atoms with Crippen molar-refractivity contribution in [2.75, 3.05) is 5.32 Å². The van der Waals surface area contributed by atoms with Gasteiger partial charge in [-0.3, -0.25) is 9.59 Å². The first kappa shape index (κ1) is 24.8. The van der Waals surface area contributed by atoms with Gasteiger partial charge in [-0.2, -0.15) is 26.3 Å². The summed E-state index contributed by atoms with van der Waals surface area (Å²) < 4.78 is 83.9. The van der Waals surface area contributed by atoms with Gasteiger partial charge in [0.25, 0.3) is 0 Å². The molecule has 4 nitrogen and oxygen atoms in total. The van der Waals surface area contributed by atoms with Crippen LogP contribution in [0.5, 0.6) is 0 Å². The van der Waals surface area contributed by atoms with Gasteiger partial charge in [0.15, 0.2) is 0 Å². The van der Waals surface area contributed by atoms with Crippen LogP contribution >= 0.6 is 0 Å². The number of fused-ring (bicyclic) bond motifs is 9. The van der Waals surface area contributed by atoms with Gasteiger partial charge in [-0.1, -0.05) is 19.9 Å². The lowest BCUT2D eigenvalue weighted by atomic mass is 9.48. The molecule has 200 valence electrons. The first-order valence-electron chi connectivity index (χ1n) is 12.8. The molecule has 2 aliphatic heterocycles. The Labute approximate surface area is 210 Å². The first-order valence-corrected chi connectivity index (χ1v) is 12.8. The van der Waals surface area contributed by atoms with Crippen molar-refractivity contribution < 1.29 is 35.9 Å². The van der Waals surface area contributed by atoms with Gasteiger partial charge in [0.05, 0.1) is 22.7 Å². The van der Waals surface area contributed by atoms with E-state index in [1.54, 1.807) is 6.08 Å². The van der Waals surface area contributed by atoms with Crippen LogP contribution in [0.4, 0.5) is 32.0 Å². The summed E-state index contributed by atoms with van der Waals surface area (Å²) in [6.45, 7) is 4.05. The van der Waals surface area contributed by atoms with Gasteiger partial charge in [0.2, 0.25) is 11.8 Å². The van der Waals surface area contributed by atoms with Gasteiger partial charge in [0, 0.05) is 11.5 Å². The molecule has 0 saturated heterocycles. The fourth-order valence-corrected chi connectivity index (χ4v) is 8.97. The number of halogens is 6. The van der Waals surface area contributed by atoms with Crippen LogP contribution in [0.15, 0.2) is 24.3 Å². The Morgan fingerprint density at radius 1 is 0.919 bits per heavy atom. The highest BCUT2D eigenvalue weighted by atomic mass is 19.4. The maximum absolute atomic E-state index is 14.1. The number of rotatable bonds is 0. The third-order valence-corrected chi connectivity index (χ3v) is 10.5. The van der Waals surface area contributed by atoms with E-state index in [1.807, 2.05) is 13.0 Å². The molecular formula is C27H28F6N2O2. The Morgan fingerprint density at radius 2 is 1.59 bits per heavy atom. The van der Waals surface area contributed by atoms with Gasteiger partial charge in [-0.15, -0.1) is 0 Å². The lowest BCUT2D eigenvalue weighted by Gasteiger charge is -2.58. The third kappa shape index (κ3) is 3.35. The second-order valence-electron chi connectivity index (χ2n) is 12.0. The molecule has 3 saturated carbocycles. The highest BCUT2D eigenvalue weighted by Crippen LogP contribution is 2.70. The Morgan fingerprint density at radius 3 is 2.27 bits per heavy atom. The minimum atomic E-state index is -4.90. The molecule has 0 spiro atoms. The fraction of sp³-hybridized carbons (Fsp3) is 0.630. The first-order chi connectivity index (χ1) is 17.2. The van der Waals surface area contributed by atoms with Gasteiger partial charge < -0.3 is 10.6 Å². The minimum Gasteiger partial charge on any atom is -0.349 e. The van der Waals surface area contributed by atoms with Crippen LogP contribution in [-0.4, -0.2) is 17.9 Å². The van der Waals surface area contributed by atoms with Gasteiger partial charge in [0.1, 0.15) is 0 Å². The van der Waals surface area contributed by atoms with Crippen molar-refractivity contribution in [1.29, 1.82) is 0 Å². The van der Waals surface area contributed by atoms with E-state index in [0.717, 1.165) is 12.8 Å². The number of nitrogens with one attached hydrogen (secondary N) is 2. The summed E-state index contributed by atoms with van der Waals surface area (Å²) in [5.74, 6) is -2.38. The van der Waals surface area contributed by atoms with Gasteiger partial charge in [-0.05, 0) is 85.0 Å². The van der Waals surface area contributed by atoms with Crippen LogP contribution in [-0.2, 0) is 21.9 Å². The topological polar surface area (TPSA) is 58.2 Å². The number of carbonyl (C=O) groups is 2. The van der Waals surface area contributed by atoms with Crippen molar-refractivity contribution in [2.24, 2.45) is 34.5 Å². The van der Waals surface area contributed by atoms with E-state index >= 15 is 0 Å². The van der Waals surface area contributed by atoms with Gasteiger partial charge >= 0.3 is 12.4 Å². The molecule has 6 rings (SSSR count). The van der Waals surface area contributed by atoms with Gasteiger partial charge in [-0.25, -0.2) is 0 Å². The zero-order valence-electron chi connectivity index (χ0n) is 20.4. The van der Waals surface area contributed by atoms with Crippen LogP contribution in [0.2, 0.25) is 0 Å². The molecule has 1 aromatic rings. The van der Waals surface area contributed by atoms with Crippen LogP contribution in [0, 0.1) is 34.5 Å². The number of anilines is 1. The molecule has 2 N–H and O–H groups in total. The van der Waals surface area contributed by atoms with Crippen molar-refractivity contribution in [3.63, 3.8) is 0 Å². The monoisotopic (exact) mass is 526 g/mol. The molecule has 0 aromatic heterocycles. The van der Waals surface area contributed by atoms with E-state index in [-0.39, 0.29) is 41.5 Å². The molecule has 0 bridgehead atoms. The van der Waals surface area contributed by atoms with E-state index in [9.17, 15) is 35.9 Å². The molecule has 3 fully saturated rings. The maximum Gasteiger partial charge on any atom is 0.418 e. The number of alkyl halides is 6. The summed E-state index contributed by atoms with van der Waals surface area (Å²) in [5, 5.41) is 5.34. The Kier molecular flexibility index (Phi) is 5.05. The molecule has 4 unspecified atom stereocenters. The lowest BCUT2D eigenvalue weighted by Crippen LogP contribution is -2.59. The van der Waals surface area contributed by atoms with Crippen molar-refractivity contribution in [3.05, 3.63) is 41.0 Å². The molecule has 0 radical (unpaired) electrons. The highest BCUT2D eigenvalue weighted by molar-refractivity contribution is 5.99. The molecule has 37 heavy (non-hydrogen) atoms. The van der Waals surface area contributed by atoms with E-state index < -0.39 is 57.9 Å². The molecule has 2 heterocycles. The van der Waals surface area contributed by atoms with Crippen LogP contribution in [0.3, 0.4) is 0 Å². The molecule has 1 aromatic carbocycles. The van der Waals surface area contributed by atoms with Crippen molar-refractivity contribution in [2.45, 2.75) is 70.3 Å². The Balaban J connectivity index is 1.46. The minimum absolute atomic E-state index is 0.0329. The molecule has 5 aliphatic rings. The van der Waals surface area contributed by atoms with Crippen LogP contribution in [0.1, 0.15) is 68.6 Å². The molecule has 8 atom stereocenters. The largest absolute Gasteiger partial charge is 0.418 e. The number of carbonyl (C=O) groups excluding carboxylic acids is 2. The predicted octanol–water partition coefficient (Wildman–Crippen LogP) is 6.28. The SMILES string of the molecule is C[C@]12CCC3C(CC[C@H]4NC(=O)C=C[C@]34C)C1CC1c3c(C(F)(F)F)ccc(C(F)(F)F)c3NC(=O)[C@@H]12. The average molecular weight is 527 g/mol. The fourth-order valence-electron chi connectivity index (χ4n) is 8.97. The number of benzene rings is 1. The smallest absolute Gasteiger partial charge is 0.349 e. The van der Waals surface area contributed by atoms with Crippen molar-refractivity contribution in [1.82, 2.24) is 5.32 Å². The molecule has 2 amide bonds. The van der Waals surface area contributed by atoms with Crippen molar-refractivity contribution in [3.8, 4) is 0 Å². The summed E-state index contributed by atoms with van der Waals surface area (Å²) in [4.78, 5) is 25.4. The summed E-state index contributed by atoms with van der Waals surface area (Å²) in [5.41, 5.74) is -4.43. The van der Waals surface area contributed by atoms with Crippen LogP contribution < -0.4 is 10.6 Å². The van der Waals surface area contributed by atoms with E-state index in [0.29, 0.717) is 25.0 Å². The summed E-state index contributed by atoms with van der Waals surface area (Å²) >= 11 is 0. The second kappa shape index (κ2) is 7.53. The number of hydrogen-bond donors (Lipinski definition) is 2. The summed E-state index contributed by atoms with van der Waals surface area (Å²) in [7, 11) is 0. The molecule has 3 aliphatic carbocycles. The zero-order chi connectivity index (χ0) is 26.7. The quantitative estimate of drug-likeness (QED) is 0.391. The van der Waals surface area contributed by atoms with Crippen molar-refractivity contribution >= 4 is 17.5 Å². The number of hydrogen-bond acceptors (Lipinski definition) is 2. The average Bonchev–Trinajstić information content (AvgIpc) is 3.11. The molecule has 10 heteroatoms. The zero-order valence-corrected chi connectivity index (χ0v) is 20.4. The van der Waals surface area contributed by atoms with E-state index in [4.69, 9.17) is 0 Å². The summed E-state index contributed by atoms with van der Waals surface area (Å²) in [6, 6.07) is 0.910. The van der Waals surface area contributed by atoms with E-state index in [2.05, 4.69) is 17.6 Å². The molecular weight excluding hydrogens is 498 g/mol. The van der Waals surface area contributed by atoms with Crippen LogP contribution in [0.25, 0.3) is 0 Å². The predicted molar refractivity (Wildman–Crippen MR) is 122 cm³/mol. The highest BCUT2D eigenvalue weighted by Gasteiger charge is 2.65. The standard InChI is InChI=1S/C27H28F6N2O2/c1-24-10-8-19(36)34-18(24)6-3-12-14(24)7-9-25(2)17(12)11-13-20-15(26(28,29)30)4-5-16(27(31,32)33)22(20)35-23(37)21(13)25/h4-5,8,10,12-14,17-18,21H,3,6-7,9,11H2,1-2H3,(H,34,36)(H,35,37)/t12?,13?,14?,17?,18-,21-,24-,25+/m1/s1. The normalized spacial score (nSPS) is 40.5. The number of amides is 2. The Hall–Kier alpha value is -2.52. The second-order valence-corrected chi connectivity index (χ2v) is 12.0. The third-order valence-electron chi connectivity index (χ3n) is 10.5.